The zero-order chi connectivity index (χ0) is 28.0. The molecule has 0 aromatic heterocycles. The summed E-state index contributed by atoms with van der Waals surface area (Å²) in [5, 5.41) is 5.07. The van der Waals surface area contributed by atoms with Crippen LogP contribution in [-0.4, -0.2) is 0 Å². The van der Waals surface area contributed by atoms with Crippen molar-refractivity contribution in [3.63, 3.8) is 0 Å². The summed E-state index contributed by atoms with van der Waals surface area (Å²) in [5.41, 5.74) is 8.33. The third kappa shape index (κ3) is 5.23. The Kier molecular flexibility index (Phi) is 7.60. The molecule has 41 heavy (non-hydrogen) atoms. The number of rotatable bonds is 5. The summed E-state index contributed by atoms with van der Waals surface area (Å²) in [5.74, 6) is 0. The quantitative estimate of drug-likeness (QED) is 0.215. The first-order valence-electron chi connectivity index (χ1n) is 14.4. The van der Waals surface area contributed by atoms with Crippen LogP contribution in [0.25, 0.3) is 43.8 Å². The van der Waals surface area contributed by atoms with Gasteiger partial charge in [0.15, 0.2) is 0 Å². The minimum Gasteiger partial charge on any atom is -0.311 e. The van der Waals surface area contributed by atoms with Crippen LogP contribution in [0.3, 0.4) is 0 Å². The minimum absolute atomic E-state index is 1.13. The number of anilines is 3. The highest BCUT2D eigenvalue weighted by Crippen LogP contribution is 2.38. The molecule has 7 aromatic carbocycles. The maximum Gasteiger partial charge on any atom is 0.0462 e. The molecule has 7 aromatic rings. The Balaban J connectivity index is 0.00000148. The van der Waals surface area contributed by atoms with Gasteiger partial charge in [0.25, 0.3) is 0 Å². The fraction of sp³-hybridized carbons (Fsp3) is 0.0500. The Hall–Kier alpha value is -5.14. The van der Waals surface area contributed by atoms with E-state index in [1.54, 1.807) is 0 Å². The number of hydrogen-bond donors (Lipinski definition) is 0. The predicted molar refractivity (Wildman–Crippen MR) is 178 cm³/mol. The Morgan fingerprint density at radius 3 is 1.15 bits per heavy atom. The fourth-order valence-corrected chi connectivity index (χ4v) is 5.56. The van der Waals surface area contributed by atoms with Gasteiger partial charge >= 0.3 is 0 Å². The Morgan fingerprint density at radius 2 is 0.683 bits per heavy atom. The van der Waals surface area contributed by atoms with Crippen molar-refractivity contribution in [1.29, 1.82) is 0 Å². The molecular formula is C40H33N. The first kappa shape index (κ1) is 26.1. The third-order valence-corrected chi connectivity index (χ3v) is 7.47. The van der Waals surface area contributed by atoms with E-state index in [2.05, 4.69) is 169 Å². The van der Waals surface area contributed by atoms with Gasteiger partial charge in [0.1, 0.15) is 0 Å². The maximum absolute atomic E-state index is 2.32. The molecule has 0 bridgehead atoms. The summed E-state index contributed by atoms with van der Waals surface area (Å²) in [6, 6.07) is 58.6. The second-order valence-corrected chi connectivity index (χ2v) is 9.82. The lowest BCUT2D eigenvalue weighted by Gasteiger charge is -2.26. The lowest BCUT2D eigenvalue weighted by molar-refractivity contribution is 1.28. The van der Waals surface area contributed by atoms with Crippen molar-refractivity contribution in [2.24, 2.45) is 0 Å². The highest BCUT2D eigenvalue weighted by molar-refractivity contribution is 5.98. The molecule has 0 saturated carbocycles. The first-order chi connectivity index (χ1) is 20.3. The van der Waals surface area contributed by atoms with E-state index >= 15 is 0 Å². The van der Waals surface area contributed by atoms with E-state index in [0.717, 1.165) is 17.1 Å². The standard InChI is InChI=1S/C38H27N.C2H6/c1-2-14-32(15-3-1)39(33-24-20-30(21-25-33)37-18-8-12-28-10-4-6-16-35(28)37)34-26-22-31(23-27-34)38-19-9-13-29-11-5-7-17-36(29)38;1-2/h1-27H;1-2H3. The molecule has 0 heterocycles. The molecule has 0 saturated heterocycles. The number of benzene rings is 7. The van der Waals surface area contributed by atoms with Crippen LogP contribution in [0, 0.1) is 0 Å². The van der Waals surface area contributed by atoms with Crippen LogP contribution < -0.4 is 4.90 Å². The van der Waals surface area contributed by atoms with Gasteiger partial charge in [0.05, 0.1) is 0 Å². The monoisotopic (exact) mass is 527 g/mol. The Bertz CT molecular complexity index is 1750. The molecule has 1 heteroatoms. The number of para-hydroxylation sites is 1. The lowest BCUT2D eigenvalue weighted by Crippen LogP contribution is -2.09. The normalized spacial score (nSPS) is 10.7. The summed E-state index contributed by atoms with van der Waals surface area (Å²) in [6.45, 7) is 4.00. The summed E-state index contributed by atoms with van der Waals surface area (Å²) >= 11 is 0. The molecule has 0 radical (unpaired) electrons. The van der Waals surface area contributed by atoms with Gasteiger partial charge in [-0.05, 0) is 80.2 Å². The molecule has 0 spiro atoms. The zero-order valence-corrected chi connectivity index (χ0v) is 23.5. The number of fused-ring (bicyclic) bond motifs is 2. The lowest BCUT2D eigenvalue weighted by atomic mass is 9.97. The van der Waals surface area contributed by atoms with Crippen molar-refractivity contribution >= 4 is 38.6 Å². The van der Waals surface area contributed by atoms with Crippen LogP contribution in [0.5, 0.6) is 0 Å². The van der Waals surface area contributed by atoms with Crippen LogP contribution in [0.1, 0.15) is 13.8 Å². The Morgan fingerprint density at radius 1 is 0.317 bits per heavy atom. The molecule has 7 rings (SSSR count). The smallest absolute Gasteiger partial charge is 0.0462 e. The van der Waals surface area contributed by atoms with E-state index in [4.69, 9.17) is 0 Å². The van der Waals surface area contributed by atoms with Gasteiger partial charge < -0.3 is 4.90 Å². The average Bonchev–Trinajstić information content (AvgIpc) is 3.06. The minimum atomic E-state index is 1.13. The number of hydrogen-bond acceptors (Lipinski definition) is 1. The fourth-order valence-electron chi connectivity index (χ4n) is 5.56. The van der Waals surface area contributed by atoms with Crippen LogP contribution in [-0.2, 0) is 0 Å². The largest absolute Gasteiger partial charge is 0.311 e. The number of nitrogens with zero attached hydrogens (tertiary/aromatic N) is 1. The maximum atomic E-state index is 2.32. The van der Waals surface area contributed by atoms with E-state index in [-0.39, 0.29) is 0 Å². The third-order valence-electron chi connectivity index (χ3n) is 7.47. The topological polar surface area (TPSA) is 3.24 Å². The SMILES string of the molecule is CC.c1ccc(N(c2ccc(-c3cccc4ccccc34)cc2)c2ccc(-c3cccc4ccccc34)cc2)cc1. The summed E-state index contributed by atoms with van der Waals surface area (Å²) < 4.78 is 0. The predicted octanol–water partition coefficient (Wildman–Crippen LogP) is 11.8. The molecule has 0 atom stereocenters. The van der Waals surface area contributed by atoms with Gasteiger partial charge in [-0.3, -0.25) is 0 Å². The van der Waals surface area contributed by atoms with E-state index in [9.17, 15) is 0 Å². The van der Waals surface area contributed by atoms with Gasteiger partial charge in [-0.25, -0.2) is 0 Å². The molecule has 0 aliphatic heterocycles. The highest BCUT2D eigenvalue weighted by Gasteiger charge is 2.14. The van der Waals surface area contributed by atoms with Crippen LogP contribution in [0.2, 0.25) is 0 Å². The van der Waals surface area contributed by atoms with Crippen molar-refractivity contribution in [2.75, 3.05) is 4.90 Å². The van der Waals surface area contributed by atoms with E-state index in [1.165, 1.54) is 43.8 Å². The second kappa shape index (κ2) is 11.9. The molecule has 1 nitrogen and oxygen atoms in total. The summed E-state index contributed by atoms with van der Waals surface area (Å²) in [7, 11) is 0. The molecule has 0 unspecified atom stereocenters. The highest BCUT2D eigenvalue weighted by atomic mass is 15.1. The molecule has 0 fully saturated rings. The van der Waals surface area contributed by atoms with Crippen molar-refractivity contribution in [2.45, 2.75) is 13.8 Å². The van der Waals surface area contributed by atoms with Crippen molar-refractivity contribution < 1.29 is 0 Å². The summed E-state index contributed by atoms with van der Waals surface area (Å²) in [6.07, 6.45) is 0. The zero-order valence-electron chi connectivity index (χ0n) is 23.5. The second-order valence-electron chi connectivity index (χ2n) is 9.82. The van der Waals surface area contributed by atoms with Crippen molar-refractivity contribution in [3.05, 3.63) is 164 Å². The molecular weight excluding hydrogens is 494 g/mol. The van der Waals surface area contributed by atoms with Crippen LogP contribution >= 0.6 is 0 Å². The van der Waals surface area contributed by atoms with Gasteiger partial charge in [-0.1, -0.05) is 141 Å². The van der Waals surface area contributed by atoms with E-state index in [1.807, 2.05) is 13.8 Å². The molecule has 0 aliphatic rings. The molecule has 0 aliphatic carbocycles. The van der Waals surface area contributed by atoms with Crippen LogP contribution in [0.4, 0.5) is 17.1 Å². The van der Waals surface area contributed by atoms with E-state index in [0.29, 0.717) is 0 Å². The molecule has 0 amide bonds. The van der Waals surface area contributed by atoms with E-state index < -0.39 is 0 Å². The molecule has 198 valence electrons. The van der Waals surface area contributed by atoms with Crippen molar-refractivity contribution in [1.82, 2.24) is 0 Å². The van der Waals surface area contributed by atoms with Gasteiger partial charge in [-0.15, -0.1) is 0 Å². The molecule has 0 N–H and O–H groups in total. The van der Waals surface area contributed by atoms with Crippen molar-refractivity contribution in [3.8, 4) is 22.3 Å². The average molecular weight is 528 g/mol. The summed E-state index contributed by atoms with van der Waals surface area (Å²) in [4.78, 5) is 2.32. The Labute approximate surface area is 243 Å². The van der Waals surface area contributed by atoms with Crippen LogP contribution in [0.15, 0.2) is 164 Å². The van der Waals surface area contributed by atoms with Gasteiger partial charge in [0.2, 0.25) is 0 Å². The van der Waals surface area contributed by atoms with Gasteiger partial charge in [-0.2, -0.15) is 0 Å². The first-order valence-corrected chi connectivity index (χ1v) is 14.4. The van der Waals surface area contributed by atoms with Gasteiger partial charge in [0, 0.05) is 17.1 Å².